The number of carbonyl (C=O) groups excluding carboxylic acids is 1. The number of amides is 2. The molecule has 0 bridgehead atoms. The van der Waals surface area contributed by atoms with E-state index in [1.807, 2.05) is 20.8 Å². The Morgan fingerprint density at radius 3 is 2.24 bits per heavy atom. The molecule has 2 aromatic rings. The summed E-state index contributed by atoms with van der Waals surface area (Å²) in [4.78, 5) is 20.3. The SMILES string of the molecule is O=C(N1CC2(CC(Cn3cc(S(=O)(=O)C(F)(F)F)cn3)C2)C1)N1CC2(CC(n3cnc(C4CC4)n3)C2)C1. The highest BCUT2D eigenvalue weighted by atomic mass is 32.2. The van der Waals surface area contributed by atoms with E-state index in [0.29, 0.717) is 31.6 Å². The molecule has 2 spiro atoms. The van der Waals surface area contributed by atoms with Gasteiger partial charge in [-0.15, -0.1) is 0 Å². The maximum Gasteiger partial charge on any atom is 0.502 e. The Bertz CT molecular complexity index is 1340. The predicted octanol–water partition coefficient (Wildman–Crippen LogP) is 2.81. The van der Waals surface area contributed by atoms with E-state index in [4.69, 9.17) is 0 Å². The molecule has 3 saturated carbocycles. The molecule has 2 amide bonds. The van der Waals surface area contributed by atoms with Crippen LogP contribution in [0.3, 0.4) is 0 Å². The van der Waals surface area contributed by atoms with E-state index >= 15 is 0 Å². The number of likely N-dealkylation sites (tertiary alicyclic amines) is 2. The molecule has 7 rings (SSSR count). The van der Waals surface area contributed by atoms with Crippen LogP contribution in [-0.4, -0.2) is 80.5 Å². The quantitative estimate of drug-likeness (QED) is 0.579. The lowest BCUT2D eigenvalue weighted by Gasteiger charge is -2.63. The van der Waals surface area contributed by atoms with Crippen LogP contribution in [0.25, 0.3) is 0 Å². The molecule has 3 aliphatic carbocycles. The molecule has 0 radical (unpaired) electrons. The average molecular weight is 540 g/mol. The van der Waals surface area contributed by atoms with Crippen LogP contribution in [0.5, 0.6) is 0 Å². The summed E-state index contributed by atoms with van der Waals surface area (Å²) < 4.78 is 64.5. The minimum Gasteiger partial charge on any atom is -0.323 e. The number of alkyl halides is 3. The van der Waals surface area contributed by atoms with Crippen molar-refractivity contribution in [2.75, 3.05) is 26.2 Å². The summed E-state index contributed by atoms with van der Waals surface area (Å²) in [7, 11) is -5.38. The third-order valence-corrected chi connectivity index (χ3v) is 10.4. The van der Waals surface area contributed by atoms with Gasteiger partial charge in [-0.1, -0.05) is 0 Å². The summed E-state index contributed by atoms with van der Waals surface area (Å²) in [6.45, 7) is 3.35. The molecule has 200 valence electrons. The van der Waals surface area contributed by atoms with Gasteiger partial charge in [-0.25, -0.2) is 22.9 Å². The molecule has 0 aromatic carbocycles. The van der Waals surface area contributed by atoms with Crippen molar-refractivity contribution in [3.05, 3.63) is 24.5 Å². The Labute approximate surface area is 211 Å². The van der Waals surface area contributed by atoms with E-state index in [2.05, 4.69) is 15.2 Å². The summed E-state index contributed by atoms with van der Waals surface area (Å²) in [5.41, 5.74) is -5.04. The first-order valence-electron chi connectivity index (χ1n) is 12.7. The second-order valence-electron chi connectivity index (χ2n) is 12.0. The van der Waals surface area contributed by atoms with Crippen LogP contribution < -0.4 is 0 Å². The van der Waals surface area contributed by atoms with Gasteiger partial charge in [-0.05, 0) is 44.4 Å². The monoisotopic (exact) mass is 539 g/mol. The molecule has 0 N–H and O–H groups in total. The van der Waals surface area contributed by atoms with Gasteiger partial charge >= 0.3 is 11.5 Å². The summed E-state index contributed by atoms with van der Waals surface area (Å²) in [5.74, 6) is 1.73. The van der Waals surface area contributed by atoms with Crippen LogP contribution in [0.15, 0.2) is 23.6 Å². The van der Waals surface area contributed by atoms with Crippen LogP contribution in [0.2, 0.25) is 0 Å². The smallest absolute Gasteiger partial charge is 0.323 e. The fraction of sp³-hybridized carbons (Fsp3) is 0.739. The topological polar surface area (TPSA) is 106 Å². The van der Waals surface area contributed by atoms with Gasteiger partial charge < -0.3 is 9.80 Å². The van der Waals surface area contributed by atoms with E-state index in [1.54, 1.807) is 0 Å². The Hall–Kier alpha value is -2.64. The second-order valence-corrected chi connectivity index (χ2v) is 14.0. The number of hydrogen-bond acceptors (Lipinski definition) is 6. The number of rotatable bonds is 5. The van der Waals surface area contributed by atoms with Gasteiger partial charge in [-0.3, -0.25) is 4.68 Å². The fourth-order valence-electron chi connectivity index (χ4n) is 6.91. The van der Waals surface area contributed by atoms with Crippen molar-refractivity contribution in [3.8, 4) is 0 Å². The fourth-order valence-corrected chi connectivity index (χ4v) is 7.62. The van der Waals surface area contributed by atoms with Gasteiger partial charge in [-0.2, -0.15) is 23.4 Å². The van der Waals surface area contributed by atoms with E-state index in [-0.39, 0.29) is 22.8 Å². The van der Waals surface area contributed by atoms with Crippen LogP contribution in [0, 0.1) is 16.7 Å². The highest BCUT2D eigenvalue weighted by molar-refractivity contribution is 7.92. The van der Waals surface area contributed by atoms with Gasteiger partial charge in [0.15, 0.2) is 5.82 Å². The molecule has 5 fully saturated rings. The van der Waals surface area contributed by atoms with Crippen LogP contribution in [-0.2, 0) is 16.4 Å². The van der Waals surface area contributed by atoms with Gasteiger partial charge in [0, 0.05) is 55.7 Å². The summed E-state index contributed by atoms with van der Waals surface area (Å²) in [6, 6.07) is 0.477. The van der Waals surface area contributed by atoms with Crippen molar-refractivity contribution < 1.29 is 26.4 Å². The molecule has 2 aliphatic heterocycles. The van der Waals surface area contributed by atoms with Crippen molar-refractivity contribution in [1.29, 1.82) is 0 Å². The van der Waals surface area contributed by atoms with E-state index in [0.717, 1.165) is 57.0 Å². The third kappa shape index (κ3) is 3.76. The second kappa shape index (κ2) is 7.48. The highest BCUT2D eigenvalue weighted by Gasteiger charge is 2.58. The molecule has 4 heterocycles. The third-order valence-electron chi connectivity index (χ3n) is 8.94. The average Bonchev–Trinajstić information content (AvgIpc) is 3.25. The number of urea groups is 1. The Morgan fingerprint density at radius 2 is 1.65 bits per heavy atom. The molecule has 0 unspecified atom stereocenters. The minimum absolute atomic E-state index is 0.0742. The predicted molar refractivity (Wildman–Crippen MR) is 122 cm³/mol. The normalized spacial score (nSPS) is 25.1. The van der Waals surface area contributed by atoms with Gasteiger partial charge in [0.2, 0.25) is 0 Å². The number of aromatic nitrogens is 5. The summed E-state index contributed by atoms with van der Waals surface area (Å²) >= 11 is 0. The number of sulfone groups is 1. The summed E-state index contributed by atoms with van der Waals surface area (Å²) in [5, 5.41) is 8.46. The number of halogens is 3. The zero-order valence-electron chi connectivity index (χ0n) is 20.1. The van der Waals surface area contributed by atoms with Crippen molar-refractivity contribution in [3.63, 3.8) is 0 Å². The first kappa shape index (κ1) is 23.5. The maximum absolute atomic E-state index is 12.9. The van der Waals surface area contributed by atoms with Crippen molar-refractivity contribution >= 4 is 15.9 Å². The van der Waals surface area contributed by atoms with Gasteiger partial charge in [0.25, 0.3) is 9.84 Å². The van der Waals surface area contributed by atoms with E-state index in [1.165, 1.54) is 17.5 Å². The molecular formula is C23H28F3N7O3S. The van der Waals surface area contributed by atoms with Gasteiger partial charge in [0.05, 0.1) is 12.2 Å². The number of carbonyl (C=O) groups is 1. The van der Waals surface area contributed by atoms with Crippen LogP contribution in [0.4, 0.5) is 18.0 Å². The Balaban J connectivity index is 0.847. The first-order valence-corrected chi connectivity index (χ1v) is 14.2. The standard InChI is InChI=1S/C23H28F3N7O3S/c24-23(25,26)37(35,36)18-7-28-32(9-18)8-15-3-21(4-15)10-30(11-21)20(34)31-12-22(13-31)5-17(6-22)33-14-27-19(29-33)16-1-2-16/h7,9,14-17H,1-6,8,10-13H2. The molecule has 10 nitrogen and oxygen atoms in total. The van der Waals surface area contributed by atoms with E-state index in [9.17, 15) is 26.4 Å². The molecule has 2 aromatic heterocycles. The molecule has 37 heavy (non-hydrogen) atoms. The van der Waals surface area contributed by atoms with Crippen molar-refractivity contribution in [1.82, 2.24) is 34.3 Å². The minimum atomic E-state index is -5.38. The van der Waals surface area contributed by atoms with Crippen molar-refractivity contribution in [2.45, 2.75) is 67.4 Å². The largest absolute Gasteiger partial charge is 0.502 e. The van der Waals surface area contributed by atoms with Crippen molar-refractivity contribution in [2.24, 2.45) is 16.7 Å². The molecule has 0 atom stereocenters. The first-order chi connectivity index (χ1) is 17.4. The molecule has 2 saturated heterocycles. The van der Waals surface area contributed by atoms with Crippen LogP contribution >= 0.6 is 0 Å². The summed E-state index contributed by atoms with van der Waals surface area (Å²) in [6.07, 6.45) is 9.72. The maximum atomic E-state index is 12.9. The zero-order valence-corrected chi connectivity index (χ0v) is 21.0. The molecule has 14 heteroatoms. The molecular weight excluding hydrogens is 511 g/mol. The van der Waals surface area contributed by atoms with E-state index < -0.39 is 20.2 Å². The number of hydrogen-bond donors (Lipinski definition) is 0. The lowest BCUT2D eigenvalue weighted by Crippen LogP contribution is -2.71. The Kier molecular flexibility index (Phi) is 4.74. The lowest BCUT2D eigenvalue weighted by molar-refractivity contribution is -0.109. The highest BCUT2D eigenvalue weighted by Crippen LogP contribution is 2.56. The zero-order chi connectivity index (χ0) is 25.8. The lowest BCUT2D eigenvalue weighted by atomic mass is 9.57. The Morgan fingerprint density at radius 1 is 1.03 bits per heavy atom. The molecule has 5 aliphatic rings. The van der Waals surface area contributed by atoms with Gasteiger partial charge in [0.1, 0.15) is 11.2 Å². The number of nitrogens with zero attached hydrogens (tertiary/aromatic N) is 7. The van der Waals surface area contributed by atoms with Crippen LogP contribution in [0.1, 0.15) is 56.3 Å².